The summed E-state index contributed by atoms with van der Waals surface area (Å²) in [6, 6.07) is 10.3. The van der Waals surface area contributed by atoms with E-state index in [2.05, 4.69) is 15.5 Å². The highest BCUT2D eigenvalue weighted by molar-refractivity contribution is 6.00. The molecule has 5 nitrogen and oxygen atoms in total. The monoisotopic (exact) mass is 254 g/mol. The van der Waals surface area contributed by atoms with Crippen molar-refractivity contribution in [2.45, 2.75) is 6.92 Å². The van der Waals surface area contributed by atoms with Gasteiger partial charge in [0.05, 0.1) is 5.71 Å². The van der Waals surface area contributed by atoms with Crippen LogP contribution in [0.25, 0.3) is 0 Å². The van der Waals surface area contributed by atoms with Crippen LogP contribution in [0.5, 0.6) is 0 Å². The average molecular weight is 254 g/mol. The molecular formula is C14H14N4O. The van der Waals surface area contributed by atoms with E-state index in [-0.39, 0.29) is 5.91 Å². The highest BCUT2D eigenvalue weighted by Gasteiger charge is 2.04. The van der Waals surface area contributed by atoms with Crippen molar-refractivity contribution >= 4 is 17.3 Å². The molecule has 1 aromatic heterocycles. The molecule has 0 aliphatic heterocycles. The number of nitrogens with one attached hydrogen (secondary N) is 1. The molecule has 0 aliphatic rings. The second-order valence-electron chi connectivity index (χ2n) is 4.00. The van der Waals surface area contributed by atoms with Crippen LogP contribution in [0.3, 0.4) is 0 Å². The minimum absolute atomic E-state index is 0.270. The van der Waals surface area contributed by atoms with Crippen LogP contribution in [-0.4, -0.2) is 16.6 Å². The SMILES string of the molecule is C/C(=N\NC(=O)c1ccc(N)cc1)c1ccncc1. The zero-order chi connectivity index (χ0) is 13.7. The van der Waals surface area contributed by atoms with Crippen LogP contribution in [0.15, 0.2) is 53.9 Å². The lowest BCUT2D eigenvalue weighted by Crippen LogP contribution is -2.19. The van der Waals surface area contributed by atoms with Gasteiger partial charge in [-0.3, -0.25) is 9.78 Å². The van der Waals surface area contributed by atoms with Gasteiger partial charge in [0.1, 0.15) is 0 Å². The van der Waals surface area contributed by atoms with E-state index in [0.717, 1.165) is 5.56 Å². The van der Waals surface area contributed by atoms with Crippen molar-refractivity contribution in [2.24, 2.45) is 5.10 Å². The summed E-state index contributed by atoms with van der Waals surface area (Å²) in [5, 5.41) is 4.05. The Labute approximate surface area is 111 Å². The lowest BCUT2D eigenvalue weighted by molar-refractivity contribution is 0.0955. The van der Waals surface area contributed by atoms with Gasteiger partial charge in [0.25, 0.3) is 5.91 Å². The van der Waals surface area contributed by atoms with Gasteiger partial charge in [-0.1, -0.05) is 0 Å². The van der Waals surface area contributed by atoms with Gasteiger partial charge in [0.15, 0.2) is 0 Å². The molecular weight excluding hydrogens is 240 g/mol. The van der Waals surface area contributed by atoms with E-state index in [0.29, 0.717) is 17.0 Å². The van der Waals surface area contributed by atoms with E-state index in [1.807, 2.05) is 19.1 Å². The first-order valence-electron chi connectivity index (χ1n) is 5.77. The number of pyridine rings is 1. The second-order valence-corrected chi connectivity index (χ2v) is 4.00. The van der Waals surface area contributed by atoms with Crippen molar-refractivity contribution < 1.29 is 4.79 Å². The Morgan fingerprint density at radius 1 is 1.11 bits per heavy atom. The van der Waals surface area contributed by atoms with Gasteiger partial charge in [0, 0.05) is 29.2 Å². The van der Waals surface area contributed by atoms with Crippen LogP contribution in [-0.2, 0) is 0 Å². The fourth-order valence-electron chi connectivity index (χ4n) is 1.49. The molecule has 2 rings (SSSR count). The number of rotatable bonds is 3. The number of nitrogen functional groups attached to an aromatic ring is 1. The van der Waals surface area contributed by atoms with Crippen molar-refractivity contribution in [3.63, 3.8) is 0 Å². The Morgan fingerprint density at radius 2 is 1.74 bits per heavy atom. The summed E-state index contributed by atoms with van der Waals surface area (Å²) in [5.41, 5.74) is 10.8. The zero-order valence-electron chi connectivity index (χ0n) is 10.5. The highest BCUT2D eigenvalue weighted by Crippen LogP contribution is 2.05. The van der Waals surface area contributed by atoms with Gasteiger partial charge in [-0.25, -0.2) is 5.43 Å². The number of aromatic nitrogens is 1. The molecule has 0 spiro atoms. The highest BCUT2D eigenvalue weighted by atomic mass is 16.2. The maximum Gasteiger partial charge on any atom is 0.271 e. The Balaban J connectivity index is 2.06. The third-order valence-electron chi connectivity index (χ3n) is 2.60. The standard InChI is InChI=1S/C14H14N4O/c1-10(11-6-8-16-9-7-11)17-18-14(19)12-2-4-13(15)5-3-12/h2-9H,15H2,1H3,(H,18,19)/b17-10+. The van der Waals surface area contributed by atoms with Crippen molar-refractivity contribution in [1.82, 2.24) is 10.4 Å². The van der Waals surface area contributed by atoms with Crippen LogP contribution in [0, 0.1) is 0 Å². The minimum Gasteiger partial charge on any atom is -0.399 e. The molecule has 0 saturated heterocycles. The third-order valence-corrected chi connectivity index (χ3v) is 2.60. The molecule has 0 radical (unpaired) electrons. The summed E-state index contributed by atoms with van der Waals surface area (Å²) in [6.07, 6.45) is 3.35. The van der Waals surface area contributed by atoms with E-state index in [4.69, 9.17) is 5.73 Å². The molecule has 0 aliphatic carbocycles. The average Bonchev–Trinajstić information content (AvgIpc) is 2.46. The number of nitrogens with zero attached hydrogens (tertiary/aromatic N) is 2. The van der Waals surface area contributed by atoms with Crippen molar-refractivity contribution in [3.8, 4) is 0 Å². The van der Waals surface area contributed by atoms with Crippen LogP contribution < -0.4 is 11.2 Å². The molecule has 19 heavy (non-hydrogen) atoms. The Hall–Kier alpha value is -2.69. The number of benzene rings is 1. The quantitative estimate of drug-likeness (QED) is 0.498. The molecule has 0 fully saturated rings. The van der Waals surface area contributed by atoms with Crippen LogP contribution in [0.1, 0.15) is 22.8 Å². The Bertz CT molecular complexity index is 591. The summed E-state index contributed by atoms with van der Waals surface area (Å²) in [7, 11) is 0. The third kappa shape index (κ3) is 3.38. The lowest BCUT2D eigenvalue weighted by Gasteiger charge is -2.03. The molecule has 1 amide bonds. The number of hydrogen-bond donors (Lipinski definition) is 2. The molecule has 5 heteroatoms. The molecule has 0 atom stereocenters. The minimum atomic E-state index is -0.270. The fourth-order valence-corrected chi connectivity index (χ4v) is 1.49. The molecule has 1 heterocycles. The van der Waals surface area contributed by atoms with Gasteiger partial charge in [-0.05, 0) is 43.3 Å². The fraction of sp³-hybridized carbons (Fsp3) is 0.0714. The molecule has 2 aromatic rings. The van der Waals surface area contributed by atoms with Crippen LogP contribution in [0.2, 0.25) is 0 Å². The van der Waals surface area contributed by atoms with Crippen molar-refractivity contribution in [3.05, 3.63) is 59.9 Å². The first kappa shape index (κ1) is 12.8. The molecule has 0 bridgehead atoms. The van der Waals surface area contributed by atoms with E-state index < -0.39 is 0 Å². The van der Waals surface area contributed by atoms with Gasteiger partial charge >= 0.3 is 0 Å². The Kier molecular flexibility index (Phi) is 3.87. The Morgan fingerprint density at radius 3 is 2.37 bits per heavy atom. The number of hydrogen-bond acceptors (Lipinski definition) is 4. The van der Waals surface area contributed by atoms with Gasteiger partial charge in [-0.15, -0.1) is 0 Å². The maximum absolute atomic E-state index is 11.8. The summed E-state index contributed by atoms with van der Waals surface area (Å²) >= 11 is 0. The first-order valence-corrected chi connectivity index (χ1v) is 5.77. The smallest absolute Gasteiger partial charge is 0.271 e. The van der Waals surface area contributed by atoms with Gasteiger partial charge < -0.3 is 5.73 Å². The molecule has 0 saturated carbocycles. The summed E-state index contributed by atoms with van der Waals surface area (Å²) in [5.74, 6) is -0.270. The van der Waals surface area contributed by atoms with Crippen LogP contribution in [0.4, 0.5) is 5.69 Å². The molecule has 3 N–H and O–H groups in total. The number of amides is 1. The number of anilines is 1. The maximum atomic E-state index is 11.8. The lowest BCUT2D eigenvalue weighted by atomic mass is 10.2. The van der Waals surface area contributed by atoms with E-state index in [1.165, 1.54) is 0 Å². The van der Waals surface area contributed by atoms with E-state index in [9.17, 15) is 4.79 Å². The number of carbonyl (C=O) groups is 1. The van der Waals surface area contributed by atoms with E-state index in [1.54, 1.807) is 36.7 Å². The first-order chi connectivity index (χ1) is 9.16. The largest absolute Gasteiger partial charge is 0.399 e. The molecule has 0 unspecified atom stereocenters. The molecule has 96 valence electrons. The number of carbonyl (C=O) groups excluding carboxylic acids is 1. The van der Waals surface area contributed by atoms with Gasteiger partial charge in [-0.2, -0.15) is 5.10 Å². The number of hydrazone groups is 1. The zero-order valence-corrected chi connectivity index (χ0v) is 10.5. The topological polar surface area (TPSA) is 80.4 Å². The summed E-state index contributed by atoms with van der Waals surface area (Å²) < 4.78 is 0. The summed E-state index contributed by atoms with van der Waals surface area (Å²) in [6.45, 7) is 1.82. The predicted octanol–water partition coefficient (Wildman–Crippen LogP) is 1.82. The van der Waals surface area contributed by atoms with Crippen molar-refractivity contribution in [1.29, 1.82) is 0 Å². The van der Waals surface area contributed by atoms with Crippen molar-refractivity contribution in [2.75, 3.05) is 5.73 Å². The summed E-state index contributed by atoms with van der Waals surface area (Å²) in [4.78, 5) is 15.7. The normalized spacial score (nSPS) is 11.1. The second kappa shape index (κ2) is 5.77. The number of nitrogens with two attached hydrogens (primary N) is 1. The van der Waals surface area contributed by atoms with E-state index >= 15 is 0 Å². The van der Waals surface area contributed by atoms with Gasteiger partial charge in [0.2, 0.25) is 0 Å². The van der Waals surface area contributed by atoms with Crippen LogP contribution >= 0.6 is 0 Å². The predicted molar refractivity (Wildman–Crippen MR) is 74.8 cm³/mol. The molecule has 1 aromatic carbocycles.